The van der Waals surface area contributed by atoms with Crippen molar-refractivity contribution in [2.75, 3.05) is 0 Å². The molecule has 0 spiro atoms. The van der Waals surface area contributed by atoms with E-state index < -0.39 is 6.04 Å². The number of ketones is 2. The van der Waals surface area contributed by atoms with E-state index in [1.165, 1.54) is 0 Å². The zero-order valence-corrected chi connectivity index (χ0v) is 13.9. The Labute approximate surface area is 146 Å². The van der Waals surface area contributed by atoms with Crippen molar-refractivity contribution in [2.45, 2.75) is 38.3 Å². The molecule has 4 heteroatoms. The molecule has 1 unspecified atom stereocenters. The third-order valence-corrected chi connectivity index (χ3v) is 5.14. The fourth-order valence-electron chi connectivity index (χ4n) is 3.75. The van der Waals surface area contributed by atoms with Gasteiger partial charge in [-0.2, -0.15) is 0 Å². The Morgan fingerprint density at radius 2 is 1.64 bits per heavy atom. The third-order valence-electron chi connectivity index (χ3n) is 5.14. The van der Waals surface area contributed by atoms with Gasteiger partial charge in [0.05, 0.1) is 6.04 Å². The van der Waals surface area contributed by atoms with Gasteiger partial charge in [-0.05, 0) is 35.2 Å². The van der Waals surface area contributed by atoms with Crippen LogP contribution in [0.25, 0.3) is 11.1 Å². The van der Waals surface area contributed by atoms with Gasteiger partial charge in [-0.15, -0.1) is 0 Å². The number of rotatable bonds is 2. The largest absolute Gasteiger partial charge is 0.324 e. The molecule has 1 aliphatic carbocycles. The third kappa shape index (κ3) is 2.88. The summed E-state index contributed by atoms with van der Waals surface area (Å²) in [6, 6.07) is 15.4. The summed E-state index contributed by atoms with van der Waals surface area (Å²) in [5.41, 5.74) is 3.79. The summed E-state index contributed by atoms with van der Waals surface area (Å²) >= 11 is 0. The first-order chi connectivity index (χ1) is 12.1. The SMILES string of the molecule is O=C1CCC(=O)C(N2Cc3cc(-c4ccccc4)ccc3C2=O)CC1. The highest BCUT2D eigenvalue weighted by Crippen LogP contribution is 2.31. The maximum absolute atomic E-state index is 12.8. The second kappa shape index (κ2) is 6.28. The van der Waals surface area contributed by atoms with Gasteiger partial charge in [0.2, 0.25) is 0 Å². The molecule has 4 rings (SSSR count). The molecule has 1 amide bonds. The first kappa shape index (κ1) is 15.8. The van der Waals surface area contributed by atoms with E-state index in [1.807, 2.05) is 48.5 Å². The maximum Gasteiger partial charge on any atom is 0.255 e. The van der Waals surface area contributed by atoms with Crippen LogP contribution in [0.4, 0.5) is 0 Å². The zero-order chi connectivity index (χ0) is 17.4. The van der Waals surface area contributed by atoms with E-state index in [9.17, 15) is 14.4 Å². The highest BCUT2D eigenvalue weighted by atomic mass is 16.2. The molecule has 1 saturated carbocycles. The molecule has 0 aromatic heterocycles. The normalized spacial score (nSPS) is 20.6. The van der Waals surface area contributed by atoms with Crippen molar-refractivity contribution in [3.63, 3.8) is 0 Å². The Balaban J connectivity index is 1.62. The molecule has 1 aliphatic heterocycles. The number of hydrogen-bond acceptors (Lipinski definition) is 3. The number of fused-ring (bicyclic) bond motifs is 1. The first-order valence-corrected chi connectivity index (χ1v) is 8.67. The molecule has 0 N–H and O–H groups in total. The molecule has 0 bridgehead atoms. The van der Waals surface area contributed by atoms with Crippen LogP contribution in [0.15, 0.2) is 48.5 Å². The highest BCUT2D eigenvalue weighted by Gasteiger charge is 2.37. The van der Waals surface area contributed by atoms with E-state index in [4.69, 9.17) is 0 Å². The van der Waals surface area contributed by atoms with Gasteiger partial charge in [0.1, 0.15) is 5.78 Å². The molecule has 4 nitrogen and oxygen atoms in total. The Morgan fingerprint density at radius 3 is 2.44 bits per heavy atom. The van der Waals surface area contributed by atoms with Gasteiger partial charge in [-0.25, -0.2) is 0 Å². The quantitative estimate of drug-likeness (QED) is 0.792. The van der Waals surface area contributed by atoms with E-state index in [0.717, 1.165) is 16.7 Å². The fraction of sp³-hybridized carbons (Fsp3) is 0.286. The topological polar surface area (TPSA) is 54.5 Å². The summed E-state index contributed by atoms with van der Waals surface area (Å²) in [5, 5.41) is 0. The molecule has 0 radical (unpaired) electrons. The zero-order valence-electron chi connectivity index (χ0n) is 13.9. The molecule has 0 saturated heterocycles. The molecule has 2 aromatic carbocycles. The predicted molar refractivity (Wildman–Crippen MR) is 94.0 cm³/mol. The molecular formula is C21H19NO3. The Kier molecular flexibility index (Phi) is 3.96. The minimum atomic E-state index is -0.466. The lowest BCUT2D eigenvalue weighted by molar-refractivity contribution is -0.124. The lowest BCUT2D eigenvalue weighted by atomic mass is 10.0. The second-order valence-corrected chi connectivity index (χ2v) is 6.73. The van der Waals surface area contributed by atoms with Crippen molar-refractivity contribution >= 4 is 17.5 Å². The summed E-state index contributed by atoms with van der Waals surface area (Å²) in [4.78, 5) is 38.4. The van der Waals surface area contributed by atoms with Gasteiger partial charge in [0.25, 0.3) is 5.91 Å². The fourth-order valence-corrected chi connectivity index (χ4v) is 3.75. The van der Waals surface area contributed by atoms with E-state index in [1.54, 1.807) is 4.90 Å². The summed E-state index contributed by atoms with van der Waals surface area (Å²) in [5.74, 6) is 0.0315. The number of hydrogen-bond donors (Lipinski definition) is 0. The molecule has 1 atom stereocenters. The van der Waals surface area contributed by atoms with Gasteiger partial charge < -0.3 is 4.90 Å². The van der Waals surface area contributed by atoms with E-state index in [0.29, 0.717) is 31.4 Å². The number of benzene rings is 2. The second-order valence-electron chi connectivity index (χ2n) is 6.73. The number of carbonyl (C=O) groups excluding carboxylic acids is 3. The number of nitrogens with zero attached hydrogens (tertiary/aromatic N) is 1. The lowest BCUT2D eigenvalue weighted by Gasteiger charge is -2.25. The average molecular weight is 333 g/mol. The van der Waals surface area contributed by atoms with Crippen molar-refractivity contribution in [2.24, 2.45) is 0 Å². The number of amides is 1. The van der Waals surface area contributed by atoms with E-state index in [2.05, 4.69) is 0 Å². The van der Waals surface area contributed by atoms with Crippen LogP contribution in [-0.2, 0) is 16.1 Å². The summed E-state index contributed by atoms with van der Waals surface area (Å²) < 4.78 is 0. The molecule has 126 valence electrons. The standard InChI is InChI=1S/C21H19NO3/c23-17-7-10-19(20(24)11-8-17)22-13-16-12-15(6-9-18(16)21(22)25)14-4-2-1-3-5-14/h1-6,9,12,19H,7-8,10-11,13H2. The van der Waals surface area contributed by atoms with Gasteiger partial charge in [-0.3, -0.25) is 14.4 Å². The minimum Gasteiger partial charge on any atom is -0.324 e. The first-order valence-electron chi connectivity index (χ1n) is 8.67. The maximum atomic E-state index is 12.8. The van der Waals surface area contributed by atoms with Crippen LogP contribution in [0.5, 0.6) is 0 Å². The van der Waals surface area contributed by atoms with Crippen LogP contribution in [0.1, 0.15) is 41.6 Å². The highest BCUT2D eigenvalue weighted by molar-refractivity contribution is 6.02. The van der Waals surface area contributed by atoms with Crippen LogP contribution < -0.4 is 0 Å². The number of Topliss-reactive ketones (excluding diaryl/α,β-unsaturated/α-hetero) is 2. The molecule has 25 heavy (non-hydrogen) atoms. The van der Waals surface area contributed by atoms with Crippen molar-refractivity contribution < 1.29 is 14.4 Å². The van der Waals surface area contributed by atoms with Gasteiger partial charge in [0, 0.05) is 31.4 Å². The van der Waals surface area contributed by atoms with Crippen molar-refractivity contribution in [1.29, 1.82) is 0 Å². The predicted octanol–water partition coefficient (Wildman–Crippen LogP) is 3.39. The summed E-state index contributed by atoms with van der Waals surface area (Å²) in [6.45, 7) is 0.444. The van der Waals surface area contributed by atoms with Crippen LogP contribution in [0, 0.1) is 0 Å². The van der Waals surface area contributed by atoms with Crippen molar-refractivity contribution in [3.8, 4) is 11.1 Å². The lowest BCUT2D eigenvalue weighted by Crippen LogP contribution is -2.40. The summed E-state index contributed by atoms with van der Waals surface area (Å²) in [7, 11) is 0. The smallest absolute Gasteiger partial charge is 0.255 e. The summed E-state index contributed by atoms with van der Waals surface area (Å²) in [6.07, 6.45) is 1.39. The molecular weight excluding hydrogens is 314 g/mol. The van der Waals surface area contributed by atoms with Gasteiger partial charge in [-0.1, -0.05) is 36.4 Å². The van der Waals surface area contributed by atoms with E-state index in [-0.39, 0.29) is 23.9 Å². The molecule has 2 aromatic rings. The van der Waals surface area contributed by atoms with Crippen LogP contribution >= 0.6 is 0 Å². The number of carbonyl (C=O) groups is 3. The van der Waals surface area contributed by atoms with Crippen molar-refractivity contribution in [3.05, 3.63) is 59.7 Å². The van der Waals surface area contributed by atoms with E-state index >= 15 is 0 Å². The molecule has 1 fully saturated rings. The van der Waals surface area contributed by atoms with Crippen LogP contribution in [0.2, 0.25) is 0 Å². The Hall–Kier alpha value is -2.75. The van der Waals surface area contributed by atoms with Crippen LogP contribution in [0.3, 0.4) is 0 Å². The minimum absolute atomic E-state index is 0.00953. The monoisotopic (exact) mass is 333 g/mol. The van der Waals surface area contributed by atoms with Gasteiger partial charge >= 0.3 is 0 Å². The molecule has 2 aliphatic rings. The van der Waals surface area contributed by atoms with Gasteiger partial charge in [0.15, 0.2) is 5.78 Å². The Morgan fingerprint density at radius 1 is 0.840 bits per heavy atom. The Bertz CT molecular complexity index is 857. The van der Waals surface area contributed by atoms with Crippen LogP contribution in [-0.4, -0.2) is 28.4 Å². The average Bonchev–Trinajstić information content (AvgIpc) is 2.86. The van der Waals surface area contributed by atoms with Crippen molar-refractivity contribution in [1.82, 2.24) is 4.90 Å². The molecule has 1 heterocycles.